The Morgan fingerprint density at radius 1 is 0.587 bits per heavy atom. The summed E-state index contributed by atoms with van der Waals surface area (Å²) in [6.45, 7) is 0. The average Bonchev–Trinajstić information content (AvgIpc) is 3.09. The second-order valence-corrected chi connectivity index (χ2v) is 11.5. The van der Waals surface area contributed by atoms with Crippen molar-refractivity contribution in [1.29, 1.82) is 0 Å². The molecule has 0 saturated carbocycles. The third-order valence-corrected chi connectivity index (χ3v) is 8.23. The molecule has 0 spiro atoms. The second kappa shape index (κ2) is 15.7. The zero-order valence-corrected chi connectivity index (χ0v) is 26.0. The van der Waals surface area contributed by atoms with Gasteiger partial charge in [0.15, 0.2) is 0 Å². The number of rotatable bonds is 13. The lowest BCUT2D eigenvalue weighted by atomic mass is 9.98. The number of carbonyl (C=O) groups excluding carboxylic acids is 2. The number of aliphatic carboxylic acids is 1. The molecular formula is C39H35ClN2O4. The maximum Gasteiger partial charge on any atom is 0.326 e. The SMILES string of the molecule is O=C(NC(CCc1ccccc1)C(=O)NC(CCc1ccccc1)C(=O)O)c1ccc(Cl)c(-c2ccc(-c3ccccc3)cc2)c1. The molecule has 0 aliphatic carbocycles. The van der Waals surface area contributed by atoms with Crippen LogP contribution < -0.4 is 10.6 Å². The summed E-state index contributed by atoms with van der Waals surface area (Å²) in [7, 11) is 0. The molecule has 2 amide bonds. The molecule has 0 aliphatic rings. The topological polar surface area (TPSA) is 95.5 Å². The molecule has 2 unspecified atom stereocenters. The van der Waals surface area contributed by atoms with Crippen LogP contribution >= 0.6 is 11.6 Å². The van der Waals surface area contributed by atoms with Gasteiger partial charge in [0.25, 0.3) is 5.91 Å². The van der Waals surface area contributed by atoms with Crippen LogP contribution in [0.25, 0.3) is 22.3 Å². The fraction of sp³-hybridized carbons (Fsp3) is 0.154. The monoisotopic (exact) mass is 630 g/mol. The van der Waals surface area contributed by atoms with Gasteiger partial charge in [0.1, 0.15) is 12.1 Å². The highest BCUT2D eigenvalue weighted by Gasteiger charge is 2.27. The van der Waals surface area contributed by atoms with Crippen LogP contribution in [0.4, 0.5) is 0 Å². The van der Waals surface area contributed by atoms with Gasteiger partial charge in [-0.2, -0.15) is 0 Å². The number of halogens is 1. The summed E-state index contributed by atoms with van der Waals surface area (Å²) in [6.07, 6.45) is 1.50. The molecule has 5 aromatic carbocycles. The lowest BCUT2D eigenvalue weighted by molar-refractivity contribution is -0.142. The van der Waals surface area contributed by atoms with Crippen molar-refractivity contribution in [3.63, 3.8) is 0 Å². The maximum atomic E-state index is 13.6. The summed E-state index contributed by atoms with van der Waals surface area (Å²) in [4.78, 5) is 39.2. The van der Waals surface area contributed by atoms with Gasteiger partial charge in [-0.1, -0.05) is 127 Å². The number of nitrogens with one attached hydrogen (secondary N) is 2. The van der Waals surface area contributed by atoms with Crippen LogP contribution in [0.3, 0.4) is 0 Å². The van der Waals surface area contributed by atoms with Crippen LogP contribution in [0.2, 0.25) is 5.02 Å². The third kappa shape index (κ3) is 8.71. The molecule has 0 aromatic heterocycles. The first-order valence-corrected chi connectivity index (χ1v) is 15.6. The molecule has 0 radical (unpaired) electrons. The van der Waals surface area contributed by atoms with Crippen molar-refractivity contribution in [1.82, 2.24) is 10.6 Å². The Hall–Kier alpha value is -5.20. The zero-order valence-electron chi connectivity index (χ0n) is 25.2. The number of hydrogen-bond donors (Lipinski definition) is 3. The molecule has 3 N–H and O–H groups in total. The second-order valence-electron chi connectivity index (χ2n) is 11.1. The van der Waals surface area contributed by atoms with Crippen molar-refractivity contribution >= 4 is 29.4 Å². The number of benzene rings is 5. The minimum Gasteiger partial charge on any atom is -0.480 e. The number of carboxylic acids is 1. The Bertz CT molecular complexity index is 1760. The van der Waals surface area contributed by atoms with E-state index in [9.17, 15) is 19.5 Å². The fourth-order valence-electron chi connectivity index (χ4n) is 5.31. The summed E-state index contributed by atoms with van der Waals surface area (Å²) in [5.41, 5.74) is 6.00. The Balaban J connectivity index is 1.33. The van der Waals surface area contributed by atoms with Gasteiger partial charge in [-0.3, -0.25) is 9.59 Å². The Labute approximate surface area is 274 Å². The first-order valence-electron chi connectivity index (χ1n) is 15.2. The number of amides is 2. The first-order chi connectivity index (χ1) is 22.4. The summed E-state index contributed by atoms with van der Waals surface area (Å²) in [5.74, 6) is -2.13. The van der Waals surface area contributed by atoms with Crippen molar-refractivity contribution < 1.29 is 19.5 Å². The fourth-order valence-corrected chi connectivity index (χ4v) is 5.54. The highest BCUT2D eigenvalue weighted by atomic mass is 35.5. The van der Waals surface area contributed by atoms with E-state index in [1.54, 1.807) is 18.2 Å². The first kappa shape index (κ1) is 32.2. The van der Waals surface area contributed by atoms with E-state index in [-0.39, 0.29) is 12.8 Å². The van der Waals surface area contributed by atoms with E-state index in [1.807, 2.05) is 115 Å². The lowest BCUT2D eigenvalue weighted by Crippen LogP contribution is -2.51. The summed E-state index contributed by atoms with van der Waals surface area (Å²) < 4.78 is 0. The Morgan fingerprint density at radius 2 is 1.09 bits per heavy atom. The molecule has 2 atom stereocenters. The largest absolute Gasteiger partial charge is 0.480 e. The van der Waals surface area contributed by atoms with E-state index < -0.39 is 29.9 Å². The predicted molar refractivity (Wildman–Crippen MR) is 183 cm³/mol. The van der Waals surface area contributed by atoms with Gasteiger partial charge in [0, 0.05) is 16.1 Å². The lowest BCUT2D eigenvalue weighted by Gasteiger charge is -2.22. The van der Waals surface area contributed by atoms with Crippen LogP contribution in [0.15, 0.2) is 133 Å². The number of aryl methyl sites for hydroxylation is 2. The van der Waals surface area contributed by atoms with Crippen LogP contribution in [0, 0.1) is 0 Å². The summed E-state index contributed by atoms with van der Waals surface area (Å²) in [6, 6.07) is 40.0. The van der Waals surface area contributed by atoms with Crippen molar-refractivity contribution in [2.75, 3.05) is 0 Å². The van der Waals surface area contributed by atoms with E-state index in [1.165, 1.54) is 0 Å². The molecule has 6 nitrogen and oxygen atoms in total. The van der Waals surface area contributed by atoms with Gasteiger partial charge in [-0.15, -0.1) is 0 Å². The van der Waals surface area contributed by atoms with E-state index >= 15 is 0 Å². The molecule has 0 fully saturated rings. The van der Waals surface area contributed by atoms with Gasteiger partial charge >= 0.3 is 5.97 Å². The van der Waals surface area contributed by atoms with Crippen LogP contribution in [0.5, 0.6) is 0 Å². The third-order valence-electron chi connectivity index (χ3n) is 7.90. The van der Waals surface area contributed by atoms with E-state index in [2.05, 4.69) is 10.6 Å². The highest BCUT2D eigenvalue weighted by Crippen LogP contribution is 2.31. The number of carboxylic acid groups (broad SMARTS) is 1. The summed E-state index contributed by atoms with van der Waals surface area (Å²) >= 11 is 6.58. The molecular weight excluding hydrogens is 596 g/mol. The van der Waals surface area contributed by atoms with E-state index in [4.69, 9.17) is 11.6 Å². The molecule has 0 aliphatic heterocycles. The Morgan fingerprint density at radius 3 is 1.65 bits per heavy atom. The number of hydrogen-bond acceptors (Lipinski definition) is 3. The van der Waals surface area contributed by atoms with Gasteiger partial charge in [-0.25, -0.2) is 4.79 Å². The van der Waals surface area contributed by atoms with E-state index in [0.717, 1.165) is 27.8 Å². The highest BCUT2D eigenvalue weighted by molar-refractivity contribution is 6.33. The zero-order chi connectivity index (χ0) is 32.3. The quantitative estimate of drug-likeness (QED) is 0.125. The van der Waals surface area contributed by atoms with Gasteiger partial charge in [-0.05, 0) is 71.7 Å². The molecule has 5 aromatic rings. The molecule has 0 saturated heterocycles. The molecule has 0 heterocycles. The van der Waals surface area contributed by atoms with Crippen molar-refractivity contribution in [2.24, 2.45) is 0 Å². The minimum absolute atomic E-state index is 0.216. The normalized spacial score (nSPS) is 12.1. The van der Waals surface area contributed by atoms with Gasteiger partial charge in [0.05, 0.1) is 0 Å². The average molecular weight is 631 g/mol. The minimum atomic E-state index is -1.13. The maximum absolute atomic E-state index is 13.6. The molecule has 232 valence electrons. The van der Waals surface area contributed by atoms with E-state index in [0.29, 0.717) is 29.0 Å². The van der Waals surface area contributed by atoms with Crippen molar-refractivity contribution in [3.8, 4) is 22.3 Å². The number of carbonyl (C=O) groups is 3. The summed E-state index contributed by atoms with van der Waals surface area (Å²) in [5, 5.41) is 15.9. The van der Waals surface area contributed by atoms with Crippen LogP contribution in [-0.4, -0.2) is 35.0 Å². The van der Waals surface area contributed by atoms with Crippen LogP contribution in [0.1, 0.15) is 34.3 Å². The molecule has 7 heteroatoms. The smallest absolute Gasteiger partial charge is 0.326 e. The van der Waals surface area contributed by atoms with Crippen molar-refractivity contribution in [2.45, 2.75) is 37.8 Å². The molecule has 46 heavy (non-hydrogen) atoms. The predicted octanol–water partition coefficient (Wildman–Crippen LogP) is 7.61. The Kier molecular flexibility index (Phi) is 11.0. The van der Waals surface area contributed by atoms with Gasteiger partial charge in [0.2, 0.25) is 5.91 Å². The standard InChI is InChI=1S/C39H35ClN2O4/c40-34-23-22-32(26-33(34)31-20-18-30(19-21-31)29-14-8-3-9-15-29)37(43)41-35(24-16-27-10-4-1-5-11-27)38(44)42-36(39(45)46)25-17-28-12-6-2-7-13-28/h1-15,18-23,26,35-36H,16-17,24-25H2,(H,41,43)(H,42,44)(H,45,46). The van der Waals surface area contributed by atoms with Crippen molar-refractivity contribution in [3.05, 3.63) is 155 Å². The van der Waals surface area contributed by atoms with Crippen LogP contribution in [-0.2, 0) is 22.4 Å². The molecule has 0 bridgehead atoms. The van der Waals surface area contributed by atoms with Gasteiger partial charge < -0.3 is 15.7 Å². The molecule has 5 rings (SSSR count).